The second-order valence-electron chi connectivity index (χ2n) is 7.06. The Bertz CT molecular complexity index is 294. The maximum absolute atomic E-state index is 6.17. The van der Waals surface area contributed by atoms with Crippen LogP contribution in [-0.4, -0.2) is 48.3 Å². The van der Waals surface area contributed by atoms with E-state index in [1.54, 1.807) is 0 Å². The summed E-state index contributed by atoms with van der Waals surface area (Å²) in [5, 5.41) is 3.54. The van der Waals surface area contributed by atoms with Crippen molar-refractivity contribution in [2.24, 2.45) is 0 Å². The maximum atomic E-state index is 6.17. The van der Waals surface area contributed by atoms with Crippen LogP contribution in [-0.2, 0) is 4.74 Å². The van der Waals surface area contributed by atoms with Gasteiger partial charge < -0.3 is 10.1 Å². The monoisotopic (exact) mass is 266 g/mol. The van der Waals surface area contributed by atoms with E-state index in [0.717, 1.165) is 25.7 Å². The van der Waals surface area contributed by atoms with Crippen molar-refractivity contribution in [3.63, 3.8) is 0 Å². The molecule has 2 atom stereocenters. The van der Waals surface area contributed by atoms with Gasteiger partial charge in [0.25, 0.3) is 0 Å². The molecule has 1 saturated heterocycles. The van der Waals surface area contributed by atoms with Crippen LogP contribution in [0, 0.1) is 0 Å². The van der Waals surface area contributed by atoms with Crippen molar-refractivity contribution >= 4 is 0 Å². The molecule has 2 fully saturated rings. The van der Waals surface area contributed by atoms with Crippen LogP contribution in [0.5, 0.6) is 0 Å². The third-order valence-corrected chi connectivity index (χ3v) is 3.92. The second kappa shape index (κ2) is 6.38. The zero-order chi connectivity index (χ0) is 13.9. The van der Waals surface area contributed by atoms with E-state index in [4.69, 9.17) is 4.74 Å². The van der Waals surface area contributed by atoms with Crippen molar-refractivity contribution in [2.45, 2.75) is 70.2 Å². The lowest BCUT2D eigenvalue weighted by atomic mass is 10.1. The predicted octanol–water partition coefficient (Wildman–Crippen LogP) is 2.57. The highest BCUT2D eigenvalue weighted by Gasteiger charge is 2.33. The van der Waals surface area contributed by atoms with Crippen LogP contribution in [0.3, 0.4) is 0 Å². The SMILES string of the molecule is C=CCN(CC1CCC(CNC(C)(C)C)O1)C1CC1. The molecule has 0 spiro atoms. The largest absolute Gasteiger partial charge is 0.372 e. The minimum Gasteiger partial charge on any atom is -0.372 e. The Hall–Kier alpha value is -0.380. The standard InChI is InChI=1S/C16H30N2O/c1-5-10-18(13-6-7-13)12-15-9-8-14(19-15)11-17-16(2,3)4/h5,13-15,17H,1,6-12H2,2-4H3. The molecule has 0 aromatic carbocycles. The molecule has 1 N–H and O–H groups in total. The second-order valence-corrected chi connectivity index (χ2v) is 7.06. The zero-order valence-corrected chi connectivity index (χ0v) is 12.8. The summed E-state index contributed by atoms with van der Waals surface area (Å²) in [4.78, 5) is 2.54. The number of nitrogens with one attached hydrogen (secondary N) is 1. The highest BCUT2D eigenvalue weighted by molar-refractivity contribution is 4.90. The minimum absolute atomic E-state index is 0.185. The molecule has 0 radical (unpaired) electrons. The molecule has 2 aliphatic rings. The number of hydrogen-bond donors (Lipinski definition) is 1. The first-order valence-corrected chi connectivity index (χ1v) is 7.73. The molecule has 110 valence electrons. The molecule has 2 unspecified atom stereocenters. The lowest BCUT2D eigenvalue weighted by molar-refractivity contribution is 0.0214. The van der Waals surface area contributed by atoms with E-state index in [9.17, 15) is 0 Å². The van der Waals surface area contributed by atoms with Gasteiger partial charge in [0.15, 0.2) is 0 Å². The molecule has 1 aliphatic heterocycles. The molecule has 3 nitrogen and oxygen atoms in total. The molecule has 0 aromatic heterocycles. The van der Waals surface area contributed by atoms with Crippen LogP contribution in [0.25, 0.3) is 0 Å². The molecule has 1 heterocycles. The Morgan fingerprint density at radius 2 is 1.89 bits per heavy atom. The van der Waals surface area contributed by atoms with E-state index in [1.807, 2.05) is 6.08 Å². The number of nitrogens with zero attached hydrogens (tertiary/aromatic N) is 1. The Morgan fingerprint density at radius 3 is 2.47 bits per heavy atom. The summed E-state index contributed by atoms with van der Waals surface area (Å²) in [5.41, 5.74) is 0.185. The quantitative estimate of drug-likeness (QED) is 0.717. The third-order valence-electron chi connectivity index (χ3n) is 3.92. The van der Waals surface area contributed by atoms with Gasteiger partial charge in [-0.2, -0.15) is 0 Å². The van der Waals surface area contributed by atoms with Crippen LogP contribution in [0.15, 0.2) is 12.7 Å². The lowest BCUT2D eigenvalue weighted by Crippen LogP contribution is -2.41. The van der Waals surface area contributed by atoms with E-state index in [0.29, 0.717) is 12.2 Å². The van der Waals surface area contributed by atoms with Crippen molar-refractivity contribution in [1.82, 2.24) is 10.2 Å². The normalized spacial score (nSPS) is 28.0. The van der Waals surface area contributed by atoms with Crippen molar-refractivity contribution in [1.29, 1.82) is 0 Å². The third kappa shape index (κ3) is 5.25. The molecule has 1 saturated carbocycles. The van der Waals surface area contributed by atoms with E-state index in [1.165, 1.54) is 25.7 Å². The van der Waals surface area contributed by atoms with Gasteiger partial charge >= 0.3 is 0 Å². The summed E-state index contributed by atoms with van der Waals surface area (Å²) in [7, 11) is 0. The Kier molecular flexibility index (Phi) is 5.04. The van der Waals surface area contributed by atoms with Crippen molar-refractivity contribution in [2.75, 3.05) is 19.6 Å². The van der Waals surface area contributed by atoms with Gasteiger partial charge in [0.2, 0.25) is 0 Å². The van der Waals surface area contributed by atoms with E-state index in [-0.39, 0.29) is 5.54 Å². The fourth-order valence-corrected chi connectivity index (χ4v) is 2.72. The summed E-state index contributed by atoms with van der Waals surface area (Å²) < 4.78 is 6.17. The molecular formula is C16H30N2O. The molecule has 2 rings (SSSR count). The first kappa shape index (κ1) is 15.0. The minimum atomic E-state index is 0.185. The molecule has 1 aliphatic carbocycles. The number of hydrogen-bond acceptors (Lipinski definition) is 3. The molecule has 0 amide bonds. The average Bonchev–Trinajstić information content (AvgIpc) is 3.07. The van der Waals surface area contributed by atoms with E-state index >= 15 is 0 Å². The zero-order valence-electron chi connectivity index (χ0n) is 12.8. The van der Waals surface area contributed by atoms with Gasteiger partial charge in [-0.3, -0.25) is 4.90 Å². The topological polar surface area (TPSA) is 24.5 Å². The summed E-state index contributed by atoms with van der Waals surface area (Å²) in [6.07, 6.45) is 7.95. The summed E-state index contributed by atoms with van der Waals surface area (Å²) >= 11 is 0. The first-order chi connectivity index (χ1) is 8.98. The predicted molar refractivity (Wildman–Crippen MR) is 80.4 cm³/mol. The van der Waals surface area contributed by atoms with Crippen LogP contribution < -0.4 is 5.32 Å². The number of ether oxygens (including phenoxy) is 1. The van der Waals surface area contributed by atoms with Gasteiger partial charge in [0.05, 0.1) is 12.2 Å². The van der Waals surface area contributed by atoms with E-state index in [2.05, 4.69) is 37.6 Å². The van der Waals surface area contributed by atoms with Crippen LogP contribution in [0.4, 0.5) is 0 Å². The highest BCUT2D eigenvalue weighted by atomic mass is 16.5. The highest BCUT2D eigenvalue weighted by Crippen LogP contribution is 2.29. The van der Waals surface area contributed by atoms with E-state index < -0.39 is 0 Å². The fourth-order valence-electron chi connectivity index (χ4n) is 2.72. The summed E-state index contributed by atoms with van der Waals surface area (Å²) in [6, 6.07) is 0.799. The van der Waals surface area contributed by atoms with Crippen LogP contribution in [0.1, 0.15) is 46.5 Å². The van der Waals surface area contributed by atoms with Gasteiger partial charge in [-0.05, 0) is 46.5 Å². The van der Waals surface area contributed by atoms with Gasteiger partial charge in [-0.15, -0.1) is 6.58 Å². The first-order valence-electron chi connectivity index (χ1n) is 7.73. The lowest BCUT2D eigenvalue weighted by Gasteiger charge is -2.25. The van der Waals surface area contributed by atoms with Crippen molar-refractivity contribution in [3.05, 3.63) is 12.7 Å². The Labute approximate surface area is 118 Å². The smallest absolute Gasteiger partial charge is 0.0707 e. The van der Waals surface area contributed by atoms with Crippen molar-refractivity contribution < 1.29 is 4.74 Å². The number of rotatable bonds is 7. The Morgan fingerprint density at radius 1 is 1.21 bits per heavy atom. The summed E-state index contributed by atoms with van der Waals surface area (Å²) in [5.74, 6) is 0. The van der Waals surface area contributed by atoms with Crippen LogP contribution in [0.2, 0.25) is 0 Å². The van der Waals surface area contributed by atoms with Gasteiger partial charge in [-0.25, -0.2) is 0 Å². The van der Waals surface area contributed by atoms with Gasteiger partial charge in [0, 0.05) is 31.2 Å². The Balaban J connectivity index is 1.70. The van der Waals surface area contributed by atoms with Crippen LogP contribution >= 0.6 is 0 Å². The van der Waals surface area contributed by atoms with Crippen molar-refractivity contribution in [3.8, 4) is 0 Å². The molecule has 0 aromatic rings. The van der Waals surface area contributed by atoms with Gasteiger partial charge in [0.1, 0.15) is 0 Å². The maximum Gasteiger partial charge on any atom is 0.0707 e. The molecule has 3 heteroatoms. The average molecular weight is 266 g/mol. The fraction of sp³-hybridized carbons (Fsp3) is 0.875. The molecular weight excluding hydrogens is 236 g/mol. The van der Waals surface area contributed by atoms with Gasteiger partial charge in [-0.1, -0.05) is 6.08 Å². The summed E-state index contributed by atoms with van der Waals surface area (Å²) in [6.45, 7) is 13.6. The molecule has 19 heavy (non-hydrogen) atoms. The molecule has 0 bridgehead atoms.